The number of Topliss-reactive ketones (excluding diaryl/α,β-unsaturated/α-hetero) is 1. The van der Waals surface area contributed by atoms with Crippen LogP contribution >= 0.6 is 27.3 Å². The molecule has 1 N–H and O–H groups in total. The molecule has 1 atom stereocenters. The zero-order valence-corrected chi connectivity index (χ0v) is 17.0. The van der Waals surface area contributed by atoms with Crippen molar-refractivity contribution in [2.75, 3.05) is 0 Å². The number of aliphatic hydroxyl groups is 1. The predicted molar refractivity (Wildman–Crippen MR) is 110 cm³/mol. The molecule has 1 aromatic carbocycles. The van der Waals surface area contributed by atoms with Crippen molar-refractivity contribution in [3.05, 3.63) is 98.1 Å². The molecule has 0 aliphatic carbocycles. The van der Waals surface area contributed by atoms with Crippen molar-refractivity contribution in [3.63, 3.8) is 0 Å². The van der Waals surface area contributed by atoms with Crippen LogP contribution in [-0.2, 0) is 11.3 Å². The molecule has 1 amide bonds. The maximum absolute atomic E-state index is 13.1. The van der Waals surface area contributed by atoms with Crippen LogP contribution in [0.15, 0.2) is 82.1 Å². The molecule has 0 fully saturated rings. The Bertz CT molecular complexity index is 1050. The molecule has 1 aliphatic rings. The Labute approximate surface area is 174 Å². The number of carbonyl (C=O) groups is 2. The van der Waals surface area contributed by atoms with Crippen molar-refractivity contribution in [1.82, 2.24) is 9.88 Å². The largest absolute Gasteiger partial charge is 0.503 e. The fourth-order valence-electron chi connectivity index (χ4n) is 3.27. The van der Waals surface area contributed by atoms with Crippen LogP contribution in [0.1, 0.15) is 26.8 Å². The van der Waals surface area contributed by atoms with Crippen molar-refractivity contribution in [2.45, 2.75) is 12.6 Å². The van der Waals surface area contributed by atoms with Crippen LogP contribution in [0.4, 0.5) is 0 Å². The van der Waals surface area contributed by atoms with E-state index in [4.69, 9.17) is 0 Å². The fourth-order valence-corrected chi connectivity index (χ4v) is 4.21. The van der Waals surface area contributed by atoms with E-state index in [1.54, 1.807) is 36.0 Å². The summed E-state index contributed by atoms with van der Waals surface area (Å²) in [5.41, 5.74) is 1.68. The summed E-state index contributed by atoms with van der Waals surface area (Å²) in [5.74, 6) is -1.38. The smallest absolute Gasteiger partial charge is 0.290 e. The lowest BCUT2D eigenvalue weighted by atomic mass is 9.95. The van der Waals surface area contributed by atoms with E-state index in [-0.39, 0.29) is 17.9 Å². The van der Waals surface area contributed by atoms with Gasteiger partial charge in [-0.2, -0.15) is 0 Å². The highest BCUT2D eigenvalue weighted by Gasteiger charge is 2.43. The molecule has 3 heterocycles. The van der Waals surface area contributed by atoms with Gasteiger partial charge >= 0.3 is 0 Å². The average Bonchev–Trinajstić information content (AvgIpc) is 3.33. The average molecular weight is 455 g/mol. The van der Waals surface area contributed by atoms with E-state index in [1.807, 2.05) is 30.3 Å². The van der Waals surface area contributed by atoms with Crippen LogP contribution in [0.25, 0.3) is 0 Å². The minimum absolute atomic E-state index is 0.110. The number of nitrogens with zero attached hydrogens (tertiary/aromatic N) is 2. The minimum atomic E-state index is -0.671. The number of amides is 1. The lowest BCUT2D eigenvalue weighted by Crippen LogP contribution is -2.30. The number of hydrogen-bond donors (Lipinski definition) is 1. The third-order valence-electron chi connectivity index (χ3n) is 4.55. The van der Waals surface area contributed by atoms with Crippen molar-refractivity contribution in [3.8, 4) is 0 Å². The van der Waals surface area contributed by atoms with Crippen LogP contribution in [0.2, 0.25) is 0 Å². The number of aliphatic hydroxyl groups excluding tert-OH is 1. The van der Waals surface area contributed by atoms with Gasteiger partial charge < -0.3 is 10.0 Å². The zero-order valence-electron chi connectivity index (χ0n) is 14.6. The van der Waals surface area contributed by atoms with Gasteiger partial charge in [0.25, 0.3) is 5.91 Å². The topological polar surface area (TPSA) is 70.5 Å². The summed E-state index contributed by atoms with van der Waals surface area (Å²) in [4.78, 5) is 32.1. The molecular formula is C21H15BrN2O3S. The van der Waals surface area contributed by atoms with Gasteiger partial charge in [0.1, 0.15) is 0 Å². The molecule has 0 unspecified atom stereocenters. The molecule has 0 saturated carbocycles. The first-order chi connectivity index (χ1) is 13.6. The second-order valence-electron chi connectivity index (χ2n) is 6.32. The quantitative estimate of drug-likeness (QED) is 0.567. The summed E-state index contributed by atoms with van der Waals surface area (Å²) >= 11 is 4.69. The van der Waals surface area contributed by atoms with Gasteiger partial charge in [0, 0.05) is 23.4 Å². The Morgan fingerprint density at radius 2 is 1.96 bits per heavy atom. The zero-order chi connectivity index (χ0) is 19.7. The molecule has 4 rings (SSSR count). The van der Waals surface area contributed by atoms with Crippen LogP contribution in [-0.4, -0.2) is 26.7 Å². The lowest BCUT2D eigenvalue weighted by Gasteiger charge is -2.26. The van der Waals surface area contributed by atoms with Gasteiger partial charge in [-0.3, -0.25) is 14.6 Å². The van der Waals surface area contributed by atoms with Gasteiger partial charge in [0.15, 0.2) is 5.76 Å². The normalized spacial score (nSPS) is 16.7. The number of benzene rings is 1. The Kier molecular flexibility index (Phi) is 5.11. The molecule has 140 valence electrons. The lowest BCUT2D eigenvalue weighted by molar-refractivity contribution is -0.130. The van der Waals surface area contributed by atoms with Crippen LogP contribution in [0.3, 0.4) is 0 Å². The number of rotatable bonds is 5. The van der Waals surface area contributed by atoms with E-state index >= 15 is 0 Å². The van der Waals surface area contributed by atoms with Crippen LogP contribution in [0, 0.1) is 0 Å². The van der Waals surface area contributed by atoms with Gasteiger partial charge in [0.05, 0.1) is 16.5 Å². The van der Waals surface area contributed by atoms with Crippen molar-refractivity contribution in [1.29, 1.82) is 0 Å². The SMILES string of the molecule is O=C(C1=C(O)C(=O)N(Cc2cccnc2)[C@@H]1c1ccc(Br)cc1)c1cccs1. The molecule has 1 aliphatic heterocycles. The molecule has 0 saturated heterocycles. The highest BCUT2D eigenvalue weighted by molar-refractivity contribution is 9.10. The Hall–Kier alpha value is -2.77. The third-order valence-corrected chi connectivity index (χ3v) is 5.95. The molecule has 7 heteroatoms. The number of ketones is 1. The second kappa shape index (κ2) is 7.69. The Balaban J connectivity index is 1.79. The van der Waals surface area contributed by atoms with Gasteiger partial charge in [-0.25, -0.2) is 0 Å². The summed E-state index contributed by atoms with van der Waals surface area (Å²) in [5, 5.41) is 12.4. The van der Waals surface area contributed by atoms with Crippen molar-refractivity contribution < 1.29 is 14.7 Å². The summed E-state index contributed by atoms with van der Waals surface area (Å²) in [6, 6.07) is 13.8. The van der Waals surface area contributed by atoms with E-state index in [9.17, 15) is 14.7 Å². The maximum atomic E-state index is 13.1. The van der Waals surface area contributed by atoms with Crippen LogP contribution < -0.4 is 0 Å². The maximum Gasteiger partial charge on any atom is 0.290 e. The van der Waals surface area contributed by atoms with E-state index < -0.39 is 17.7 Å². The van der Waals surface area contributed by atoms with E-state index in [2.05, 4.69) is 20.9 Å². The van der Waals surface area contributed by atoms with Gasteiger partial charge in [0.2, 0.25) is 5.78 Å². The first-order valence-electron chi connectivity index (χ1n) is 8.53. The summed E-state index contributed by atoms with van der Waals surface area (Å²) in [6.45, 7) is 0.235. The van der Waals surface area contributed by atoms with Gasteiger partial charge in [-0.05, 0) is 40.8 Å². The monoisotopic (exact) mass is 454 g/mol. The van der Waals surface area contributed by atoms with E-state index in [1.165, 1.54) is 16.2 Å². The molecule has 3 aromatic rings. The number of hydrogen-bond acceptors (Lipinski definition) is 5. The van der Waals surface area contributed by atoms with E-state index in [0.717, 1.165) is 15.6 Å². The number of aromatic nitrogens is 1. The molecular weight excluding hydrogens is 440 g/mol. The van der Waals surface area contributed by atoms with Gasteiger partial charge in [-0.1, -0.05) is 40.2 Å². The summed E-state index contributed by atoms with van der Waals surface area (Å²) in [7, 11) is 0. The van der Waals surface area contributed by atoms with Crippen molar-refractivity contribution in [2.24, 2.45) is 0 Å². The van der Waals surface area contributed by atoms with Crippen molar-refractivity contribution >= 4 is 39.0 Å². The first-order valence-corrected chi connectivity index (χ1v) is 10.2. The summed E-state index contributed by atoms with van der Waals surface area (Å²) in [6.07, 6.45) is 3.32. The highest BCUT2D eigenvalue weighted by atomic mass is 79.9. The molecule has 5 nitrogen and oxygen atoms in total. The predicted octanol–water partition coefficient (Wildman–Crippen LogP) is 4.68. The third kappa shape index (κ3) is 3.39. The fraction of sp³-hybridized carbons (Fsp3) is 0.0952. The Morgan fingerprint density at radius 3 is 2.61 bits per heavy atom. The number of thiophene rings is 1. The highest BCUT2D eigenvalue weighted by Crippen LogP contribution is 2.40. The minimum Gasteiger partial charge on any atom is -0.503 e. The number of halogens is 1. The number of carbonyl (C=O) groups excluding carboxylic acids is 2. The molecule has 0 spiro atoms. The number of pyridine rings is 1. The molecule has 2 aromatic heterocycles. The van der Waals surface area contributed by atoms with Gasteiger partial charge in [-0.15, -0.1) is 11.3 Å². The Morgan fingerprint density at radius 1 is 1.18 bits per heavy atom. The molecule has 28 heavy (non-hydrogen) atoms. The standard InChI is InChI=1S/C21H15BrN2O3S/c22-15-7-5-14(6-8-15)18-17(19(25)16-4-2-10-28-16)20(26)21(27)24(18)12-13-3-1-9-23-11-13/h1-11,18,26H,12H2/t18-/m1/s1. The summed E-state index contributed by atoms with van der Waals surface area (Å²) < 4.78 is 0.888. The first kappa shape index (κ1) is 18.6. The van der Waals surface area contributed by atoms with E-state index in [0.29, 0.717) is 4.88 Å². The van der Waals surface area contributed by atoms with Crippen LogP contribution in [0.5, 0.6) is 0 Å². The molecule has 0 radical (unpaired) electrons. The molecule has 0 bridgehead atoms. The second-order valence-corrected chi connectivity index (χ2v) is 8.18.